The molecule has 0 spiro atoms. The Morgan fingerprint density at radius 3 is 1.22 bits per heavy atom. The van der Waals surface area contributed by atoms with Crippen molar-refractivity contribution in [3.63, 3.8) is 0 Å². The molecule has 0 fully saturated rings. The average Bonchev–Trinajstić information content (AvgIpc) is 2.71. The van der Waals surface area contributed by atoms with E-state index in [1.165, 1.54) is 37.4 Å². The van der Waals surface area contributed by atoms with E-state index in [1.54, 1.807) is 0 Å². The molecule has 0 saturated heterocycles. The minimum Gasteiger partial charge on any atom is -0.200 e. The van der Waals surface area contributed by atoms with Gasteiger partial charge in [0.25, 0.3) is 0 Å². The molecule has 1 aromatic rings. The third kappa shape index (κ3) is 5.18. The summed E-state index contributed by atoms with van der Waals surface area (Å²) >= 11 is 3.02. The van der Waals surface area contributed by atoms with Gasteiger partial charge in [0.05, 0.1) is 8.07 Å². The van der Waals surface area contributed by atoms with Crippen LogP contribution in [0.5, 0.6) is 0 Å². The highest BCUT2D eigenvalue weighted by Crippen LogP contribution is 2.64. The van der Waals surface area contributed by atoms with Gasteiger partial charge in [-0.25, -0.2) is 0 Å². The fourth-order valence-corrected chi connectivity index (χ4v) is 5.43. The number of rotatable bonds is 10. The lowest BCUT2D eigenvalue weighted by atomic mass is 9.88. The van der Waals surface area contributed by atoms with Crippen molar-refractivity contribution in [2.24, 2.45) is 0 Å². The predicted octanol–water partition coefficient (Wildman–Crippen LogP) is 8.76. The average molecular weight is 661 g/mol. The topological polar surface area (TPSA) is 0 Å². The molecule has 1 aromatic carbocycles. The zero-order valence-electron chi connectivity index (χ0n) is 18.0. The van der Waals surface area contributed by atoms with Gasteiger partial charge in [-0.15, -0.1) is 0 Å². The lowest BCUT2D eigenvalue weighted by Gasteiger charge is -2.43. The first kappa shape index (κ1) is 33.8. The third-order valence-electron chi connectivity index (χ3n) is 5.48. The van der Waals surface area contributed by atoms with Crippen molar-refractivity contribution in [3.8, 4) is 0 Å². The second-order valence-corrected chi connectivity index (χ2v) is 14.3. The summed E-state index contributed by atoms with van der Waals surface area (Å²) in [6, 6.07) is 4.24. The molecule has 0 N–H and O–H groups in total. The first-order chi connectivity index (χ1) is 16.0. The molecule has 0 atom stereocenters. The van der Waals surface area contributed by atoms with Crippen LogP contribution in [0.3, 0.4) is 0 Å². The lowest BCUT2D eigenvalue weighted by molar-refractivity contribution is -0.461. The van der Waals surface area contributed by atoms with E-state index >= 15 is 0 Å². The molecule has 0 aliphatic heterocycles. The quantitative estimate of drug-likeness (QED) is 0.174. The van der Waals surface area contributed by atoms with Crippen LogP contribution in [0.25, 0.3) is 0 Å². The molecule has 0 nitrogen and oxygen atoms in total. The van der Waals surface area contributed by atoms with Crippen LogP contribution in [0, 0.1) is 0 Å². The molecule has 216 valence electrons. The molecule has 0 amide bonds. The summed E-state index contributed by atoms with van der Waals surface area (Å²) in [5.41, 5.74) is 0. The van der Waals surface area contributed by atoms with Crippen molar-refractivity contribution in [3.05, 3.63) is 28.7 Å². The Morgan fingerprint density at radius 2 is 0.865 bits per heavy atom. The van der Waals surface area contributed by atoms with E-state index in [-0.39, 0.29) is 5.19 Å². The van der Waals surface area contributed by atoms with Crippen molar-refractivity contribution in [1.29, 1.82) is 0 Å². The van der Waals surface area contributed by atoms with Gasteiger partial charge in [0.2, 0.25) is 0 Å². The van der Waals surface area contributed by atoms with Crippen molar-refractivity contribution >= 4 is 29.2 Å². The zero-order chi connectivity index (χ0) is 29.9. The van der Waals surface area contributed by atoms with Crippen LogP contribution >= 0.6 is 15.9 Å². The van der Waals surface area contributed by atoms with Gasteiger partial charge in [-0.1, -0.05) is 46.3 Å². The summed E-state index contributed by atoms with van der Waals surface area (Å²) in [7, 11) is -3.27. The van der Waals surface area contributed by atoms with E-state index in [4.69, 9.17) is 0 Å². The summed E-state index contributed by atoms with van der Waals surface area (Å²) in [4.78, 5) is 0. The Hall–Kier alpha value is -1.27. The second kappa shape index (κ2) is 9.43. The minimum absolute atomic E-state index is 0.243. The molecule has 0 unspecified atom stereocenters. The molecule has 37 heavy (non-hydrogen) atoms. The molecule has 0 heterocycles. The first-order valence-corrected chi connectivity index (χ1v) is 13.4. The van der Waals surface area contributed by atoms with Gasteiger partial charge in [-0.2, -0.15) is 74.6 Å². The van der Waals surface area contributed by atoms with E-state index in [9.17, 15) is 74.6 Å². The number of benzene rings is 1. The van der Waals surface area contributed by atoms with Gasteiger partial charge in [0.15, 0.2) is 0 Å². The Morgan fingerprint density at radius 1 is 0.541 bits per heavy atom. The summed E-state index contributed by atoms with van der Waals surface area (Å²) in [5.74, 6) is -56.0. The van der Waals surface area contributed by atoms with Crippen LogP contribution < -0.4 is 5.19 Å². The van der Waals surface area contributed by atoms with Crippen LogP contribution in [0.2, 0.25) is 19.1 Å². The van der Waals surface area contributed by atoms with Crippen molar-refractivity contribution in [1.82, 2.24) is 0 Å². The third-order valence-corrected chi connectivity index (χ3v) is 9.40. The highest BCUT2D eigenvalue weighted by Gasteiger charge is 2.95. The molecular weight excluding hydrogens is 647 g/mol. The Kier molecular flexibility index (Phi) is 8.60. The maximum atomic E-state index is 14.1. The predicted molar refractivity (Wildman–Crippen MR) is 101 cm³/mol. The van der Waals surface area contributed by atoms with E-state index < -0.39 is 68.2 Å². The molecule has 0 bridgehead atoms. The molecule has 0 aliphatic carbocycles. The van der Waals surface area contributed by atoms with Crippen LogP contribution in [0.1, 0.15) is 6.42 Å². The largest absolute Gasteiger partial charge is 0.460 e. The molecule has 0 aliphatic rings. The number of hydrogen-bond donors (Lipinski definition) is 0. The van der Waals surface area contributed by atoms with Gasteiger partial charge in [0, 0.05) is 10.9 Å². The van der Waals surface area contributed by atoms with Crippen molar-refractivity contribution in [2.75, 3.05) is 0 Å². The highest BCUT2D eigenvalue weighted by atomic mass is 79.9. The van der Waals surface area contributed by atoms with Gasteiger partial charge in [0.1, 0.15) is 0 Å². The molecule has 0 aromatic heterocycles. The normalized spacial score (nSPS) is 15.8. The van der Waals surface area contributed by atoms with Crippen LogP contribution in [0.4, 0.5) is 74.6 Å². The van der Waals surface area contributed by atoms with Gasteiger partial charge >= 0.3 is 47.6 Å². The van der Waals surface area contributed by atoms with E-state index in [0.29, 0.717) is 4.47 Å². The lowest BCUT2D eigenvalue weighted by Crippen LogP contribution is -2.74. The van der Waals surface area contributed by atoms with Gasteiger partial charge in [-0.05, 0) is 18.2 Å². The Balaban J connectivity index is 3.46. The highest BCUT2D eigenvalue weighted by molar-refractivity contribution is 9.10. The van der Waals surface area contributed by atoms with Crippen LogP contribution in [0.15, 0.2) is 28.7 Å². The monoisotopic (exact) mass is 660 g/mol. The summed E-state index contributed by atoms with van der Waals surface area (Å²) in [5, 5.41) is 0.243. The van der Waals surface area contributed by atoms with E-state index in [0.717, 1.165) is 0 Å². The molecule has 0 radical (unpaired) electrons. The maximum absolute atomic E-state index is 14.1. The Bertz CT molecular complexity index is 950. The fourth-order valence-electron chi connectivity index (χ4n) is 2.87. The van der Waals surface area contributed by atoms with Crippen molar-refractivity contribution < 1.29 is 74.6 Å². The minimum atomic E-state index is -8.60. The zero-order valence-corrected chi connectivity index (χ0v) is 20.6. The number of hydrogen-bond acceptors (Lipinski definition) is 0. The number of alkyl halides is 17. The summed E-state index contributed by atoms with van der Waals surface area (Å²) in [6.45, 7) is 2.45. The first-order valence-electron chi connectivity index (χ1n) is 9.43. The van der Waals surface area contributed by atoms with E-state index in [1.807, 2.05) is 0 Å². The van der Waals surface area contributed by atoms with Gasteiger partial charge in [-0.3, -0.25) is 0 Å². The molecule has 1 rings (SSSR count). The summed E-state index contributed by atoms with van der Waals surface area (Å²) < 4.78 is 227. The molecule has 19 heteroatoms. The smallest absolute Gasteiger partial charge is 0.200 e. The maximum Gasteiger partial charge on any atom is 0.460 e. The second-order valence-electron chi connectivity index (χ2n) is 8.54. The molecular formula is C18H14BrF17Si. The molecule has 0 saturated carbocycles. The number of halogens is 18. The fraction of sp³-hybridized carbons (Fsp3) is 0.667. The van der Waals surface area contributed by atoms with Crippen molar-refractivity contribution in [2.45, 2.75) is 73.2 Å². The Labute approximate surface area is 206 Å². The van der Waals surface area contributed by atoms with Crippen LogP contribution in [-0.4, -0.2) is 55.7 Å². The van der Waals surface area contributed by atoms with Crippen LogP contribution in [-0.2, 0) is 0 Å². The SMILES string of the molecule is C[Si](C)(CCC(F)(F)C(F)(F)C(F)(F)C(F)(F)C(F)(F)C(F)(F)C(F)(F)C(F)(F)F)c1ccc(Br)cc1. The van der Waals surface area contributed by atoms with E-state index in [2.05, 4.69) is 15.9 Å². The standard InChI is InChI=1S/C18H14BrF17Si/c1-37(2,10-5-3-9(19)4-6-10)8-7-11(20,21)12(22,23)13(24,25)14(26,27)15(28,29)16(30,31)17(32,33)18(34,35)36/h3-6H,7-8H2,1-2H3. The van der Waals surface area contributed by atoms with Gasteiger partial charge < -0.3 is 0 Å². The summed E-state index contributed by atoms with van der Waals surface area (Å²) in [6.07, 6.45) is -10.2.